The van der Waals surface area contributed by atoms with Crippen molar-refractivity contribution in [1.82, 2.24) is 0 Å². The number of benzene rings is 6. The third-order valence-corrected chi connectivity index (χ3v) is 17.8. The lowest BCUT2D eigenvalue weighted by molar-refractivity contribution is 0.0521. The Morgan fingerprint density at radius 3 is 1.25 bits per heavy atom. The lowest BCUT2D eigenvalue weighted by Crippen LogP contribution is -2.38. The van der Waals surface area contributed by atoms with Crippen LogP contribution in [0.3, 0.4) is 0 Å². The normalized spacial score (nSPS) is 19.6. The molecule has 0 fully saturated rings. The van der Waals surface area contributed by atoms with Crippen molar-refractivity contribution in [2.45, 2.75) is 110 Å². The van der Waals surface area contributed by atoms with Crippen LogP contribution in [0.2, 0.25) is 0 Å². The largest absolute Gasteiger partial charge is 0.508 e. The molecule has 0 saturated carbocycles. The van der Waals surface area contributed by atoms with E-state index in [1.54, 1.807) is 70.2 Å². The van der Waals surface area contributed by atoms with Crippen molar-refractivity contribution in [3.8, 4) is 11.5 Å². The first-order valence-corrected chi connectivity index (χ1v) is 27.0. The zero-order valence-corrected chi connectivity index (χ0v) is 43.9. The highest BCUT2D eigenvalue weighted by atomic mass is 32.2. The van der Waals surface area contributed by atoms with E-state index >= 15 is 0 Å². The number of sulfone groups is 2. The van der Waals surface area contributed by atoms with Gasteiger partial charge in [0.2, 0.25) is 0 Å². The monoisotopic (exact) mass is 1040 g/mol. The average Bonchev–Trinajstić information content (AvgIpc) is 3.43. The summed E-state index contributed by atoms with van der Waals surface area (Å²) < 4.78 is 58.5. The molecule has 0 aromatic heterocycles. The number of aromatic hydroxyl groups is 1. The zero-order valence-electron chi connectivity index (χ0n) is 42.2. The van der Waals surface area contributed by atoms with E-state index in [4.69, 9.17) is 9.84 Å². The molecule has 2 aliphatic heterocycles. The quantitative estimate of drug-likeness (QED) is 0.0876. The summed E-state index contributed by atoms with van der Waals surface area (Å²) in [5.41, 5.74) is 7.05. The van der Waals surface area contributed by atoms with Gasteiger partial charge in [0.05, 0.1) is 46.7 Å². The van der Waals surface area contributed by atoms with Crippen molar-refractivity contribution in [3.05, 3.63) is 178 Å². The van der Waals surface area contributed by atoms with Crippen LogP contribution in [0.15, 0.2) is 143 Å². The summed E-state index contributed by atoms with van der Waals surface area (Å²) in [7, 11) is 0.488. The molecule has 73 heavy (non-hydrogen) atoms. The van der Waals surface area contributed by atoms with Gasteiger partial charge in [0.25, 0.3) is 0 Å². The fraction of sp³-hybridized carbons (Fsp3) is 0.390. The zero-order chi connectivity index (χ0) is 52.1. The van der Waals surface area contributed by atoms with Gasteiger partial charge in [-0.1, -0.05) is 122 Å². The van der Waals surface area contributed by atoms with Crippen molar-refractivity contribution in [2.75, 3.05) is 49.5 Å². The van der Waals surface area contributed by atoms with Crippen LogP contribution in [0.25, 0.3) is 0 Å². The Balaban J connectivity index is 0.000000267. The van der Waals surface area contributed by atoms with Crippen molar-refractivity contribution < 1.29 is 47.1 Å². The molecule has 8 rings (SSSR count). The molecule has 0 saturated heterocycles. The van der Waals surface area contributed by atoms with Crippen LogP contribution >= 0.6 is 0 Å². The molecule has 4 atom stereocenters. The summed E-state index contributed by atoms with van der Waals surface area (Å²) in [6.45, 7) is 9.83. The Hall–Kier alpha value is -5.74. The molecule has 0 spiro atoms. The Morgan fingerprint density at radius 2 is 0.890 bits per heavy atom. The maximum atomic E-state index is 13.3. The number of anilines is 2. The number of aryl methyl sites for hydroxylation is 1. The number of aliphatic hydroxyl groups is 4. The first-order valence-electron chi connectivity index (χ1n) is 23.7. The first kappa shape index (κ1) is 59.8. The SMILES string of the molecule is C.C.CCc1ccc(CO)cc1.CN(C)c1ccc2c(c1)[C@H](c1ccc(O)cc1)[C@H](O)C(C)(C)CS2(=O)=O.CN(C)c1ccc2c(c1)[C@H](c1ccc(OCc3ccc(CO)cc3)cc1)[C@H](O)C(C)(C)CS2(=O)=O. The van der Waals surface area contributed by atoms with Crippen molar-refractivity contribution >= 4 is 31.0 Å². The van der Waals surface area contributed by atoms with Gasteiger partial charge in [-0.25, -0.2) is 16.8 Å². The van der Waals surface area contributed by atoms with E-state index in [2.05, 4.69) is 6.92 Å². The molecule has 5 N–H and O–H groups in total. The van der Waals surface area contributed by atoms with Gasteiger partial charge in [0, 0.05) is 62.2 Å². The standard InChI is InChI=1S/C28H33NO5S.C20H25NO4S.C9H12O.2CH4/c1-28(2)18-35(32,33)25-14-11-22(29(3)4)15-24(25)26(27(28)31)21-9-12-23(13-10-21)34-17-20-7-5-19(16-30)6-8-20;1-20(2)12-26(24,25)17-10-7-14(21(3)4)11-16(17)18(19(20)23)13-5-8-15(22)9-6-13;1-2-8-3-5-9(7-10)6-4-8;;/h5-15,26-27,30-31H,16-18H2,1-4H3;5-11,18-19,22-23H,12H2,1-4H3;3-6,10H,2,7H2,1H3;2*1H4/t26-,27-;18-,19-;;;/m00.../s1. The molecular formula is C59H78N2O10S2. The number of nitrogens with zero attached hydrogens (tertiary/aromatic N) is 2. The van der Waals surface area contributed by atoms with E-state index in [0.29, 0.717) is 23.5 Å². The molecule has 0 bridgehead atoms. The topological polar surface area (TPSA) is 185 Å². The van der Waals surface area contributed by atoms with Crippen molar-refractivity contribution in [3.63, 3.8) is 0 Å². The number of phenolic OH excluding ortho intramolecular Hbond substituents is 1. The predicted molar refractivity (Wildman–Crippen MR) is 295 cm³/mol. The summed E-state index contributed by atoms with van der Waals surface area (Å²) in [6.07, 6.45) is -0.723. The minimum absolute atomic E-state index is 0. The molecule has 0 radical (unpaired) electrons. The third kappa shape index (κ3) is 14.1. The van der Waals surface area contributed by atoms with Crippen LogP contribution in [0.1, 0.15) is 106 Å². The van der Waals surface area contributed by atoms with Gasteiger partial charge in [-0.15, -0.1) is 0 Å². The number of ether oxygens (including phenoxy) is 1. The van der Waals surface area contributed by atoms with Gasteiger partial charge < -0.3 is 40.1 Å². The van der Waals surface area contributed by atoms with Crippen molar-refractivity contribution in [2.24, 2.45) is 10.8 Å². The number of hydrogen-bond acceptors (Lipinski definition) is 12. The summed E-state index contributed by atoms with van der Waals surface area (Å²) in [5, 5.41) is 50.1. The highest BCUT2D eigenvalue weighted by molar-refractivity contribution is 7.91. The number of fused-ring (bicyclic) bond motifs is 2. The second-order valence-corrected chi connectivity index (χ2v) is 24.2. The average molecular weight is 1040 g/mol. The first-order chi connectivity index (χ1) is 33.4. The molecular weight excluding hydrogens is 961 g/mol. The van der Waals surface area contributed by atoms with Crippen LogP contribution in [-0.2, 0) is 45.9 Å². The van der Waals surface area contributed by atoms with E-state index in [9.17, 15) is 37.3 Å². The highest BCUT2D eigenvalue weighted by Crippen LogP contribution is 2.47. The number of aliphatic hydroxyl groups excluding tert-OH is 4. The molecule has 6 aromatic rings. The molecule has 0 amide bonds. The van der Waals surface area contributed by atoms with Crippen LogP contribution in [-0.4, -0.2) is 94.3 Å². The molecule has 396 valence electrons. The molecule has 2 aliphatic rings. The second kappa shape index (κ2) is 24.5. The Labute approximate surface area is 435 Å². The maximum absolute atomic E-state index is 13.3. The highest BCUT2D eigenvalue weighted by Gasteiger charge is 2.46. The van der Waals surface area contributed by atoms with E-state index < -0.39 is 54.5 Å². The molecule has 14 heteroatoms. The number of hydrogen-bond donors (Lipinski definition) is 5. The Bertz CT molecular complexity index is 2930. The van der Waals surface area contributed by atoms with E-state index in [1.807, 2.05) is 129 Å². The van der Waals surface area contributed by atoms with Crippen LogP contribution in [0.4, 0.5) is 11.4 Å². The molecule has 6 aromatic carbocycles. The second-order valence-electron chi connectivity index (χ2n) is 20.3. The van der Waals surface area contributed by atoms with E-state index in [0.717, 1.165) is 45.6 Å². The summed E-state index contributed by atoms with van der Waals surface area (Å²) >= 11 is 0. The smallest absolute Gasteiger partial charge is 0.179 e. The van der Waals surface area contributed by atoms with Gasteiger partial charge in [-0.3, -0.25) is 0 Å². The minimum Gasteiger partial charge on any atom is -0.508 e. The molecule has 0 unspecified atom stereocenters. The van der Waals surface area contributed by atoms with Crippen molar-refractivity contribution in [1.29, 1.82) is 0 Å². The van der Waals surface area contributed by atoms with Gasteiger partial charge in [-0.05, 0) is 112 Å². The maximum Gasteiger partial charge on any atom is 0.179 e. The van der Waals surface area contributed by atoms with Gasteiger partial charge in [-0.2, -0.15) is 0 Å². The Kier molecular flexibility index (Phi) is 20.1. The lowest BCUT2D eigenvalue weighted by Gasteiger charge is -2.33. The fourth-order valence-corrected chi connectivity index (χ4v) is 13.4. The Morgan fingerprint density at radius 1 is 0.534 bits per heavy atom. The van der Waals surface area contributed by atoms with Crippen LogP contribution in [0, 0.1) is 10.8 Å². The molecule has 2 heterocycles. The van der Waals surface area contributed by atoms with Gasteiger partial charge >= 0.3 is 0 Å². The van der Waals surface area contributed by atoms with Gasteiger partial charge in [0.1, 0.15) is 18.1 Å². The predicted octanol–water partition coefficient (Wildman–Crippen LogP) is 9.91. The number of phenols is 1. The lowest BCUT2D eigenvalue weighted by atomic mass is 9.75. The molecule has 12 nitrogen and oxygen atoms in total. The summed E-state index contributed by atoms with van der Waals surface area (Å²) in [6, 6.07) is 40.3. The summed E-state index contributed by atoms with van der Waals surface area (Å²) in [4.78, 5) is 4.38. The van der Waals surface area contributed by atoms with Crippen LogP contribution in [0.5, 0.6) is 11.5 Å². The van der Waals surface area contributed by atoms with E-state index in [1.165, 1.54) is 5.56 Å². The number of rotatable bonds is 10. The minimum atomic E-state index is -3.57. The van der Waals surface area contributed by atoms with E-state index in [-0.39, 0.29) is 55.1 Å². The van der Waals surface area contributed by atoms with Gasteiger partial charge in [0.15, 0.2) is 19.7 Å². The third-order valence-electron chi connectivity index (χ3n) is 13.4. The van der Waals surface area contributed by atoms with Crippen LogP contribution < -0.4 is 14.5 Å². The fourth-order valence-electron chi connectivity index (χ4n) is 9.19. The molecule has 0 aliphatic carbocycles. The summed E-state index contributed by atoms with van der Waals surface area (Å²) in [5.74, 6) is -0.440.